The molecule has 3 rings (SSSR count). The Bertz CT molecular complexity index is 678. The fourth-order valence-electron chi connectivity index (χ4n) is 3.39. The highest BCUT2D eigenvalue weighted by Gasteiger charge is 2.53. The van der Waals surface area contributed by atoms with Crippen LogP contribution in [-0.2, 0) is 21.8 Å². The van der Waals surface area contributed by atoms with Gasteiger partial charge in [0.1, 0.15) is 4.90 Å². The zero-order valence-corrected chi connectivity index (χ0v) is 15.1. The molecule has 1 unspecified atom stereocenters. The van der Waals surface area contributed by atoms with Gasteiger partial charge in [0, 0.05) is 37.2 Å². The highest BCUT2D eigenvalue weighted by atomic mass is 32.2. The Morgan fingerprint density at radius 2 is 2.09 bits per heavy atom. The van der Waals surface area contributed by atoms with Gasteiger partial charge in [0.2, 0.25) is 10.0 Å². The molecule has 1 aromatic heterocycles. The average molecular weight is 345 g/mol. The van der Waals surface area contributed by atoms with Crippen LogP contribution in [0.4, 0.5) is 0 Å². The molecule has 0 aliphatic carbocycles. The number of sulfonamides is 1. The van der Waals surface area contributed by atoms with Crippen LogP contribution in [0, 0.1) is 13.8 Å². The lowest BCUT2D eigenvalue weighted by Gasteiger charge is -2.46. The molecule has 0 radical (unpaired) electrons. The molecule has 22 heavy (non-hydrogen) atoms. The molecule has 0 amide bonds. The molecular formula is C14H23N3O3S2. The Morgan fingerprint density at radius 1 is 1.41 bits per heavy atom. The van der Waals surface area contributed by atoms with Gasteiger partial charge in [-0.15, -0.1) is 11.8 Å². The summed E-state index contributed by atoms with van der Waals surface area (Å²) >= 11 is 1.86. The van der Waals surface area contributed by atoms with Crippen LogP contribution in [0.1, 0.15) is 24.7 Å². The van der Waals surface area contributed by atoms with Crippen molar-refractivity contribution in [2.75, 3.05) is 25.4 Å². The van der Waals surface area contributed by atoms with Crippen molar-refractivity contribution in [1.82, 2.24) is 14.1 Å². The monoisotopic (exact) mass is 345 g/mol. The second-order valence-electron chi connectivity index (χ2n) is 6.17. The molecule has 1 aromatic rings. The number of thioether (sulfide) groups is 1. The van der Waals surface area contributed by atoms with Crippen LogP contribution in [0.25, 0.3) is 0 Å². The normalized spacial score (nSPS) is 24.8. The third-order valence-corrected chi connectivity index (χ3v) is 8.17. The Morgan fingerprint density at radius 3 is 2.64 bits per heavy atom. The van der Waals surface area contributed by atoms with Crippen LogP contribution in [0.5, 0.6) is 0 Å². The fourth-order valence-corrected chi connectivity index (χ4v) is 7.12. The predicted octanol–water partition coefficient (Wildman–Crippen LogP) is 1.32. The largest absolute Gasteiger partial charge is 0.378 e. The first kappa shape index (κ1) is 16.3. The second-order valence-corrected chi connectivity index (χ2v) is 9.53. The van der Waals surface area contributed by atoms with E-state index in [1.165, 1.54) is 0 Å². The highest BCUT2D eigenvalue weighted by Crippen LogP contribution is 2.47. The van der Waals surface area contributed by atoms with Gasteiger partial charge in [0.15, 0.2) is 0 Å². The first-order valence-electron chi connectivity index (χ1n) is 7.55. The number of aromatic nitrogens is 2. The van der Waals surface area contributed by atoms with E-state index in [4.69, 9.17) is 4.74 Å². The Hall–Kier alpha value is -0.570. The molecule has 2 fully saturated rings. The summed E-state index contributed by atoms with van der Waals surface area (Å²) in [5.41, 5.74) is 1.27. The molecule has 0 N–H and O–H groups in total. The molecule has 0 aromatic carbocycles. The molecule has 1 spiro atoms. The summed E-state index contributed by atoms with van der Waals surface area (Å²) in [5, 5.41) is 4.23. The lowest BCUT2D eigenvalue weighted by molar-refractivity contribution is 0.0598. The minimum Gasteiger partial charge on any atom is -0.378 e. The van der Waals surface area contributed by atoms with Crippen LogP contribution in [-0.4, -0.2) is 58.8 Å². The van der Waals surface area contributed by atoms with E-state index in [-0.39, 0.29) is 10.9 Å². The molecule has 124 valence electrons. The first-order valence-corrected chi connectivity index (χ1v) is 9.97. The molecule has 2 aliphatic heterocycles. The van der Waals surface area contributed by atoms with Crippen LogP contribution in [0.2, 0.25) is 0 Å². The number of hydrogen-bond donors (Lipinski definition) is 0. The maximum Gasteiger partial charge on any atom is 0.246 e. The molecule has 1 atom stereocenters. The third kappa shape index (κ3) is 2.50. The second kappa shape index (κ2) is 5.51. The third-order valence-electron chi connectivity index (χ3n) is 4.55. The average Bonchev–Trinajstić information content (AvgIpc) is 2.91. The Kier molecular flexibility index (Phi) is 4.08. The van der Waals surface area contributed by atoms with Crippen molar-refractivity contribution in [1.29, 1.82) is 0 Å². The number of nitrogens with zero attached hydrogens (tertiary/aromatic N) is 3. The maximum atomic E-state index is 12.8. The van der Waals surface area contributed by atoms with Crippen LogP contribution >= 0.6 is 11.8 Å². The number of rotatable bonds is 4. The van der Waals surface area contributed by atoms with Gasteiger partial charge in [-0.3, -0.25) is 4.68 Å². The number of ether oxygens (including phenoxy) is 1. The molecule has 2 saturated heterocycles. The summed E-state index contributed by atoms with van der Waals surface area (Å²) in [5.74, 6) is 0.965. The zero-order chi connectivity index (χ0) is 16.1. The SMILES string of the molecule is CCOC1CSC2(C1)CN(S(=O)(=O)c1c(C)nn(C)c1C)C2. The van der Waals surface area contributed by atoms with Crippen LogP contribution in [0.15, 0.2) is 4.90 Å². The molecule has 6 nitrogen and oxygen atoms in total. The molecule has 3 heterocycles. The lowest BCUT2D eigenvalue weighted by Crippen LogP contribution is -2.60. The van der Waals surface area contributed by atoms with E-state index in [1.807, 2.05) is 18.7 Å². The van der Waals surface area contributed by atoms with E-state index in [0.29, 0.717) is 29.4 Å². The minimum absolute atomic E-state index is 0.0525. The summed E-state index contributed by atoms with van der Waals surface area (Å²) in [6.45, 7) is 7.44. The van der Waals surface area contributed by atoms with Gasteiger partial charge in [0.25, 0.3) is 0 Å². The summed E-state index contributed by atoms with van der Waals surface area (Å²) in [6.07, 6.45) is 1.21. The summed E-state index contributed by atoms with van der Waals surface area (Å²) in [6, 6.07) is 0. The van der Waals surface area contributed by atoms with Crippen molar-refractivity contribution in [2.45, 2.75) is 42.9 Å². The quantitative estimate of drug-likeness (QED) is 0.823. The molecule has 8 heteroatoms. The summed E-state index contributed by atoms with van der Waals surface area (Å²) in [4.78, 5) is 0.370. The predicted molar refractivity (Wildman–Crippen MR) is 86.7 cm³/mol. The minimum atomic E-state index is -3.44. The summed E-state index contributed by atoms with van der Waals surface area (Å²) in [7, 11) is -1.66. The fraction of sp³-hybridized carbons (Fsp3) is 0.786. The summed E-state index contributed by atoms with van der Waals surface area (Å²) < 4.78 is 34.6. The number of aryl methyl sites for hydroxylation is 2. The standard InChI is InChI=1S/C14H23N3O3S2/c1-5-20-12-6-14(21-7-12)8-17(9-14)22(18,19)13-10(2)15-16(4)11(13)3/h12H,5-9H2,1-4H3. The number of hydrogen-bond acceptors (Lipinski definition) is 5. The molecule has 0 bridgehead atoms. The topological polar surface area (TPSA) is 64.4 Å². The van der Waals surface area contributed by atoms with E-state index in [1.54, 1.807) is 29.9 Å². The van der Waals surface area contributed by atoms with Crippen molar-refractivity contribution in [3.05, 3.63) is 11.4 Å². The van der Waals surface area contributed by atoms with Crippen LogP contribution in [0.3, 0.4) is 0 Å². The van der Waals surface area contributed by atoms with Gasteiger partial charge >= 0.3 is 0 Å². The van der Waals surface area contributed by atoms with Gasteiger partial charge < -0.3 is 4.74 Å². The van der Waals surface area contributed by atoms with E-state index < -0.39 is 10.0 Å². The van der Waals surface area contributed by atoms with E-state index in [9.17, 15) is 8.42 Å². The van der Waals surface area contributed by atoms with E-state index >= 15 is 0 Å². The Labute approximate surface area is 136 Å². The van der Waals surface area contributed by atoms with Crippen LogP contribution < -0.4 is 0 Å². The van der Waals surface area contributed by atoms with Gasteiger partial charge in [-0.2, -0.15) is 9.40 Å². The van der Waals surface area contributed by atoms with Gasteiger partial charge in [-0.1, -0.05) is 0 Å². The maximum absolute atomic E-state index is 12.8. The van der Waals surface area contributed by atoms with Crippen molar-refractivity contribution >= 4 is 21.8 Å². The van der Waals surface area contributed by atoms with Crippen molar-refractivity contribution in [3.63, 3.8) is 0 Å². The zero-order valence-electron chi connectivity index (χ0n) is 13.5. The Balaban J connectivity index is 1.75. The molecule has 2 aliphatic rings. The van der Waals surface area contributed by atoms with Gasteiger partial charge in [0.05, 0.1) is 17.5 Å². The van der Waals surface area contributed by atoms with Crippen molar-refractivity contribution in [3.8, 4) is 0 Å². The van der Waals surface area contributed by atoms with Gasteiger partial charge in [-0.05, 0) is 27.2 Å². The smallest absolute Gasteiger partial charge is 0.246 e. The molecular weight excluding hydrogens is 322 g/mol. The first-order chi connectivity index (χ1) is 10.3. The lowest BCUT2D eigenvalue weighted by atomic mass is 9.95. The highest BCUT2D eigenvalue weighted by molar-refractivity contribution is 8.01. The van der Waals surface area contributed by atoms with Crippen molar-refractivity contribution < 1.29 is 13.2 Å². The van der Waals surface area contributed by atoms with Gasteiger partial charge in [-0.25, -0.2) is 8.42 Å². The molecule has 0 saturated carbocycles. The van der Waals surface area contributed by atoms with Crippen molar-refractivity contribution in [2.24, 2.45) is 7.05 Å². The van der Waals surface area contributed by atoms with E-state index in [0.717, 1.165) is 18.8 Å². The van der Waals surface area contributed by atoms with E-state index in [2.05, 4.69) is 5.10 Å².